The van der Waals surface area contributed by atoms with E-state index in [-0.39, 0.29) is 0 Å². The highest BCUT2D eigenvalue weighted by Crippen LogP contribution is 2.22. The number of alkyl halides is 1. The minimum absolute atomic E-state index is 0.550. The van der Waals surface area contributed by atoms with Gasteiger partial charge in [-0.2, -0.15) is 0 Å². The van der Waals surface area contributed by atoms with Crippen LogP contribution in [-0.4, -0.2) is 18.1 Å². The molecule has 0 radical (unpaired) electrons. The van der Waals surface area contributed by atoms with E-state index in [1.807, 2.05) is 6.20 Å². The Morgan fingerprint density at radius 3 is 2.50 bits per heavy atom. The molecule has 0 spiro atoms. The Hall–Kier alpha value is -0.760. The largest absolute Gasteiger partial charge is 0.356 e. The Labute approximate surface area is 103 Å². The highest BCUT2D eigenvalue weighted by atomic mass is 35.5. The van der Waals surface area contributed by atoms with Crippen LogP contribution in [0.2, 0.25) is 0 Å². The molecule has 0 saturated carbocycles. The zero-order valence-corrected chi connectivity index (χ0v) is 10.6. The minimum Gasteiger partial charge on any atom is -0.356 e. The van der Waals surface area contributed by atoms with Crippen molar-refractivity contribution in [3.8, 4) is 0 Å². The van der Waals surface area contributed by atoms with Gasteiger partial charge in [0.15, 0.2) is 0 Å². The predicted octanol–water partition coefficient (Wildman–Crippen LogP) is 3.51. The summed E-state index contributed by atoms with van der Waals surface area (Å²) in [7, 11) is 0. The summed E-state index contributed by atoms with van der Waals surface area (Å²) in [6, 6.07) is 2.15. The number of anilines is 1. The average molecular weight is 239 g/mol. The SMILES string of the molecule is Cc1cc(CCl)cnc1N1CCCCCC1. The molecule has 0 aliphatic carbocycles. The van der Waals surface area contributed by atoms with Gasteiger partial charge in [-0.05, 0) is 37.0 Å². The van der Waals surface area contributed by atoms with Crippen molar-refractivity contribution in [1.29, 1.82) is 0 Å². The van der Waals surface area contributed by atoms with Crippen molar-refractivity contribution in [1.82, 2.24) is 4.98 Å². The molecule has 3 heteroatoms. The van der Waals surface area contributed by atoms with E-state index in [4.69, 9.17) is 11.6 Å². The molecule has 2 nitrogen and oxygen atoms in total. The van der Waals surface area contributed by atoms with Crippen LogP contribution in [-0.2, 0) is 5.88 Å². The quantitative estimate of drug-likeness (QED) is 0.733. The van der Waals surface area contributed by atoms with Crippen LogP contribution in [0.1, 0.15) is 36.8 Å². The number of nitrogens with zero attached hydrogens (tertiary/aromatic N) is 2. The van der Waals surface area contributed by atoms with Gasteiger partial charge in [-0.1, -0.05) is 12.8 Å². The lowest BCUT2D eigenvalue weighted by molar-refractivity contribution is 0.726. The molecule has 1 fully saturated rings. The van der Waals surface area contributed by atoms with Gasteiger partial charge in [0.25, 0.3) is 0 Å². The van der Waals surface area contributed by atoms with Crippen molar-refractivity contribution in [2.75, 3.05) is 18.0 Å². The van der Waals surface area contributed by atoms with Crippen LogP contribution in [0, 0.1) is 6.92 Å². The van der Waals surface area contributed by atoms with E-state index >= 15 is 0 Å². The molecule has 1 saturated heterocycles. The van der Waals surface area contributed by atoms with Crippen LogP contribution in [0.5, 0.6) is 0 Å². The van der Waals surface area contributed by atoms with Gasteiger partial charge in [-0.25, -0.2) is 4.98 Å². The first kappa shape index (κ1) is 11.7. The molecule has 1 aromatic rings. The van der Waals surface area contributed by atoms with Gasteiger partial charge in [0.05, 0.1) is 0 Å². The molecule has 1 aliphatic heterocycles. The number of rotatable bonds is 2. The Kier molecular flexibility index (Phi) is 4.05. The van der Waals surface area contributed by atoms with E-state index in [2.05, 4.69) is 22.9 Å². The van der Waals surface area contributed by atoms with Crippen LogP contribution >= 0.6 is 11.6 Å². The summed E-state index contributed by atoms with van der Waals surface area (Å²) >= 11 is 5.81. The first-order chi connectivity index (χ1) is 7.81. The van der Waals surface area contributed by atoms with E-state index in [1.54, 1.807) is 0 Å². The topological polar surface area (TPSA) is 16.1 Å². The third-order valence-electron chi connectivity index (χ3n) is 3.17. The summed E-state index contributed by atoms with van der Waals surface area (Å²) in [5.41, 5.74) is 2.36. The summed E-state index contributed by atoms with van der Waals surface area (Å²) in [4.78, 5) is 6.97. The van der Waals surface area contributed by atoms with E-state index in [9.17, 15) is 0 Å². The van der Waals surface area contributed by atoms with Gasteiger partial charge < -0.3 is 4.90 Å². The number of pyridine rings is 1. The fourth-order valence-electron chi connectivity index (χ4n) is 2.31. The van der Waals surface area contributed by atoms with Crippen molar-refractivity contribution in [2.24, 2.45) is 0 Å². The third-order valence-corrected chi connectivity index (χ3v) is 3.48. The molecule has 16 heavy (non-hydrogen) atoms. The maximum absolute atomic E-state index is 5.81. The van der Waals surface area contributed by atoms with E-state index < -0.39 is 0 Å². The molecular weight excluding hydrogens is 220 g/mol. The lowest BCUT2D eigenvalue weighted by Crippen LogP contribution is -2.25. The molecule has 1 aromatic heterocycles. The highest BCUT2D eigenvalue weighted by molar-refractivity contribution is 6.17. The van der Waals surface area contributed by atoms with Gasteiger partial charge in [0, 0.05) is 25.2 Å². The molecule has 0 aromatic carbocycles. The summed E-state index contributed by atoms with van der Waals surface area (Å²) < 4.78 is 0. The lowest BCUT2D eigenvalue weighted by atomic mass is 10.2. The second kappa shape index (κ2) is 5.53. The Bertz CT molecular complexity index is 344. The molecule has 0 atom stereocenters. The number of hydrogen-bond donors (Lipinski definition) is 0. The zero-order valence-electron chi connectivity index (χ0n) is 9.88. The van der Waals surface area contributed by atoms with Crippen LogP contribution < -0.4 is 4.90 Å². The molecule has 1 aliphatic rings. The monoisotopic (exact) mass is 238 g/mol. The maximum Gasteiger partial charge on any atom is 0.131 e. The molecule has 0 amide bonds. The number of halogens is 1. The third kappa shape index (κ3) is 2.67. The van der Waals surface area contributed by atoms with Crippen molar-refractivity contribution < 1.29 is 0 Å². The molecule has 2 heterocycles. The van der Waals surface area contributed by atoms with E-state index in [0.717, 1.165) is 24.5 Å². The summed E-state index contributed by atoms with van der Waals surface area (Å²) in [6.45, 7) is 4.42. The smallest absolute Gasteiger partial charge is 0.131 e. The second-order valence-electron chi connectivity index (χ2n) is 4.52. The number of aryl methyl sites for hydroxylation is 1. The second-order valence-corrected chi connectivity index (χ2v) is 4.79. The molecule has 0 unspecified atom stereocenters. The van der Waals surface area contributed by atoms with Gasteiger partial charge in [0.1, 0.15) is 5.82 Å². The first-order valence-electron chi connectivity index (χ1n) is 6.07. The van der Waals surface area contributed by atoms with Crippen molar-refractivity contribution >= 4 is 17.4 Å². The molecule has 2 rings (SSSR count). The summed E-state index contributed by atoms with van der Waals surface area (Å²) in [5.74, 6) is 1.70. The van der Waals surface area contributed by atoms with Gasteiger partial charge in [0.2, 0.25) is 0 Å². The number of hydrogen-bond acceptors (Lipinski definition) is 2. The van der Waals surface area contributed by atoms with Crippen LogP contribution in [0.15, 0.2) is 12.3 Å². The first-order valence-corrected chi connectivity index (χ1v) is 6.61. The minimum atomic E-state index is 0.550. The fourth-order valence-corrected chi connectivity index (χ4v) is 2.46. The summed E-state index contributed by atoms with van der Waals surface area (Å²) in [6.07, 6.45) is 7.20. The van der Waals surface area contributed by atoms with Crippen LogP contribution in [0.3, 0.4) is 0 Å². The van der Waals surface area contributed by atoms with Crippen LogP contribution in [0.25, 0.3) is 0 Å². The van der Waals surface area contributed by atoms with E-state index in [1.165, 1.54) is 31.2 Å². The normalized spacial score (nSPS) is 17.2. The van der Waals surface area contributed by atoms with Crippen LogP contribution in [0.4, 0.5) is 5.82 Å². The molecular formula is C13H19ClN2. The number of aromatic nitrogens is 1. The Balaban J connectivity index is 2.18. The van der Waals surface area contributed by atoms with Crippen molar-refractivity contribution in [2.45, 2.75) is 38.5 Å². The standard InChI is InChI=1S/C13H19ClN2/c1-11-8-12(9-14)10-15-13(11)16-6-4-2-3-5-7-16/h8,10H,2-7,9H2,1H3. The zero-order chi connectivity index (χ0) is 11.4. The lowest BCUT2D eigenvalue weighted by Gasteiger charge is -2.23. The van der Waals surface area contributed by atoms with Gasteiger partial charge >= 0.3 is 0 Å². The summed E-state index contributed by atoms with van der Waals surface area (Å²) in [5, 5.41) is 0. The molecule has 0 N–H and O–H groups in total. The maximum atomic E-state index is 5.81. The van der Waals surface area contributed by atoms with Gasteiger partial charge in [-0.3, -0.25) is 0 Å². The Morgan fingerprint density at radius 2 is 1.94 bits per heavy atom. The van der Waals surface area contributed by atoms with Crippen molar-refractivity contribution in [3.05, 3.63) is 23.4 Å². The van der Waals surface area contributed by atoms with E-state index in [0.29, 0.717) is 5.88 Å². The average Bonchev–Trinajstić information content (AvgIpc) is 2.57. The van der Waals surface area contributed by atoms with Crippen molar-refractivity contribution in [3.63, 3.8) is 0 Å². The van der Waals surface area contributed by atoms with Gasteiger partial charge in [-0.15, -0.1) is 11.6 Å². The predicted molar refractivity (Wildman–Crippen MR) is 69.2 cm³/mol. The molecule has 0 bridgehead atoms. The Morgan fingerprint density at radius 1 is 1.25 bits per heavy atom. The highest BCUT2D eigenvalue weighted by Gasteiger charge is 2.13. The fraction of sp³-hybridized carbons (Fsp3) is 0.615. The molecule has 88 valence electrons.